The molecule has 1 N–H and O–H groups in total. The molecule has 3 aromatic rings. The number of nitrogens with one attached hydrogen (secondary N) is 1. The van der Waals surface area contributed by atoms with Gasteiger partial charge in [0.15, 0.2) is 5.84 Å². The van der Waals surface area contributed by atoms with E-state index in [0.29, 0.717) is 36.3 Å². The lowest BCUT2D eigenvalue weighted by Gasteiger charge is -2.27. The fourth-order valence-corrected chi connectivity index (χ4v) is 5.17. The molecule has 5 rings (SSSR count). The van der Waals surface area contributed by atoms with Crippen LogP contribution in [0.25, 0.3) is 5.57 Å². The van der Waals surface area contributed by atoms with Gasteiger partial charge in [0.1, 0.15) is 10.7 Å². The standard InChI is InChI=1S/C25H20FN3O3S/c26-20-9-5-17(6-10-20)18-13-15-29(16-14-18)25(30)19-7-11-21(12-8-19)27-24-22-3-1-2-4-23(22)33(31,32)28-24/h1-13H,14-16H2,(H,27,28). The number of rotatable bonds is 3. The largest absolute Gasteiger partial charge is 0.339 e. The first-order valence-electron chi connectivity index (χ1n) is 10.5. The van der Waals surface area contributed by atoms with E-state index >= 15 is 0 Å². The van der Waals surface area contributed by atoms with Crippen molar-refractivity contribution in [1.29, 1.82) is 0 Å². The third-order valence-corrected chi connectivity index (χ3v) is 7.07. The van der Waals surface area contributed by atoms with Crippen LogP contribution >= 0.6 is 0 Å². The molecule has 1 amide bonds. The minimum atomic E-state index is -3.70. The molecule has 6 nitrogen and oxygen atoms in total. The normalized spacial score (nSPS) is 16.6. The predicted octanol–water partition coefficient (Wildman–Crippen LogP) is 4.32. The molecule has 0 aromatic heterocycles. The Morgan fingerprint density at radius 2 is 1.70 bits per heavy atom. The van der Waals surface area contributed by atoms with Gasteiger partial charge in [0.25, 0.3) is 15.9 Å². The van der Waals surface area contributed by atoms with E-state index in [2.05, 4.69) is 9.71 Å². The van der Waals surface area contributed by atoms with Crippen LogP contribution in [0.4, 0.5) is 10.1 Å². The molecular formula is C25H20FN3O3S. The maximum Gasteiger partial charge on any atom is 0.285 e. The maximum atomic E-state index is 13.1. The second-order valence-electron chi connectivity index (χ2n) is 7.85. The van der Waals surface area contributed by atoms with Gasteiger partial charge in [0.05, 0.1) is 0 Å². The summed E-state index contributed by atoms with van der Waals surface area (Å²) >= 11 is 0. The van der Waals surface area contributed by atoms with Gasteiger partial charge in [-0.3, -0.25) is 4.79 Å². The first-order chi connectivity index (χ1) is 15.9. The van der Waals surface area contributed by atoms with Crippen LogP contribution < -0.4 is 5.32 Å². The predicted molar refractivity (Wildman–Crippen MR) is 125 cm³/mol. The Balaban J connectivity index is 1.27. The quantitative estimate of drug-likeness (QED) is 0.630. The zero-order valence-electron chi connectivity index (χ0n) is 17.5. The smallest absolute Gasteiger partial charge is 0.285 e. The lowest BCUT2D eigenvalue weighted by atomic mass is 9.99. The first-order valence-corrected chi connectivity index (χ1v) is 11.9. The Labute approximate surface area is 191 Å². The van der Waals surface area contributed by atoms with Gasteiger partial charge in [-0.25, -0.2) is 4.39 Å². The average Bonchev–Trinajstić information content (AvgIpc) is 3.09. The van der Waals surface area contributed by atoms with Crippen molar-refractivity contribution in [1.82, 2.24) is 4.90 Å². The molecule has 3 aromatic carbocycles. The second kappa shape index (κ2) is 8.29. The van der Waals surface area contributed by atoms with Gasteiger partial charge in [0.2, 0.25) is 0 Å². The molecule has 0 atom stereocenters. The van der Waals surface area contributed by atoms with Gasteiger partial charge >= 0.3 is 0 Å². The number of benzene rings is 3. The zero-order chi connectivity index (χ0) is 23.0. The molecule has 0 saturated carbocycles. The number of amides is 1. The number of carbonyl (C=O) groups excluding carboxylic acids is 1. The molecule has 0 unspecified atom stereocenters. The Kier molecular flexibility index (Phi) is 5.30. The summed E-state index contributed by atoms with van der Waals surface area (Å²) in [5.74, 6) is -0.0861. The van der Waals surface area contributed by atoms with Crippen molar-refractivity contribution < 1.29 is 17.6 Å². The van der Waals surface area contributed by atoms with Crippen molar-refractivity contribution in [3.05, 3.63) is 101 Å². The molecule has 0 spiro atoms. The summed E-state index contributed by atoms with van der Waals surface area (Å²) in [6, 6.07) is 19.9. The van der Waals surface area contributed by atoms with Gasteiger partial charge in [-0.05, 0) is 66.1 Å². The molecule has 0 saturated heterocycles. The maximum absolute atomic E-state index is 13.1. The monoisotopic (exact) mass is 461 g/mol. The molecule has 0 bridgehead atoms. The molecule has 2 aliphatic heterocycles. The molecule has 0 aliphatic carbocycles. The van der Waals surface area contributed by atoms with Gasteiger partial charge in [0, 0.05) is 29.9 Å². The second-order valence-corrected chi connectivity index (χ2v) is 9.42. The van der Waals surface area contributed by atoms with Crippen LogP contribution in [0.3, 0.4) is 0 Å². The van der Waals surface area contributed by atoms with E-state index in [4.69, 9.17) is 0 Å². The number of hydrogen-bond donors (Lipinski definition) is 1. The van der Waals surface area contributed by atoms with Crippen molar-refractivity contribution in [2.24, 2.45) is 4.40 Å². The van der Waals surface area contributed by atoms with Crippen molar-refractivity contribution in [3.8, 4) is 0 Å². The van der Waals surface area contributed by atoms with Crippen LogP contribution in [-0.4, -0.2) is 38.2 Å². The van der Waals surface area contributed by atoms with Crippen molar-refractivity contribution >= 4 is 33.0 Å². The Bertz CT molecular complexity index is 1400. The van der Waals surface area contributed by atoms with Crippen molar-refractivity contribution in [2.45, 2.75) is 11.3 Å². The van der Waals surface area contributed by atoms with Crippen molar-refractivity contribution in [2.75, 3.05) is 18.4 Å². The van der Waals surface area contributed by atoms with Gasteiger partial charge < -0.3 is 10.2 Å². The highest BCUT2D eigenvalue weighted by atomic mass is 32.2. The first kappa shape index (κ1) is 21.1. The molecule has 33 heavy (non-hydrogen) atoms. The van der Waals surface area contributed by atoms with E-state index in [1.54, 1.807) is 59.5 Å². The summed E-state index contributed by atoms with van der Waals surface area (Å²) in [7, 11) is -3.70. The number of halogens is 1. The lowest BCUT2D eigenvalue weighted by molar-refractivity contribution is 0.0773. The highest BCUT2D eigenvalue weighted by Crippen LogP contribution is 2.27. The Morgan fingerprint density at radius 1 is 0.970 bits per heavy atom. The number of amidine groups is 1. The minimum absolute atomic E-state index is 0.0814. The number of sulfonamides is 1. The van der Waals surface area contributed by atoms with Gasteiger partial charge in [-0.15, -0.1) is 4.40 Å². The SMILES string of the molecule is O=C(c1ccc(NC2=NS(=O)(=O)c3ccccc32)cc1)N1CC=C(c2ccc(F)cc2)CC1. The molecule has 8 heteroatoms. The van der Waals surface area contributed by atoms with E-state index in [9.17, 15) is 17.6 Å². The highest BCUT2D eigenvalue weighted by molar-refractivity contribution is 7.90. The topological polar surface area (TPSA) is 78.8 Å². The van der Waals surface area contributed by atoms with Crippen LogP contribution in [0.5, 0.6) is 0 Å². The van der Waals surface area contributed by atoms with Crippen LogP contribution in [0, 0.1) is 5.82 Å². The number of carbonyl (C=O) groups is 1. The fraction of sp³-hybridized carbons (Fsp3) is 0.120. The Hall–Kier alpha value is -3.78. The van der Waals surface area contributed by atoms with E-state index in [1.807, 2.05) is 6.08 Å². The lowest BCUT2D eigenvalue weighted by Crippen LogP contribution is -2.34. The van der Waals surface area contributed by atoms with Crippen LogP contribution in [0.15, 0.2) is 88.2 Å². The van der Waals surface area contributed by atoms with E-state index in [0.717, 1.165) is 11.1 Å². The molecule has 0 radical (unpaired) electrons. The molecule has 2 heterocycles. The molecule has 0 fully saturated rings. The average molecular weight is 462 g/mol. The summed E-state index contributed by atoms with van der Waals surface area (Å²) < 4.78 is 41.4. The molecule has 166 valence electrons. The third kappa shape index (κ3) is 4.17. The number of nitrogens with zero attached hydrogens (tertiary/aromatic N) is 2. The zero-order valence-corrected chi connectivity index (χ0v) is 18.3. The van der Waals surface area contributed by atoms with Crippen molar-refractivity contribution in [3.63, 3.8) is 0 Å². The third-order valence-electron chi connectivity index (χ3n) is 5.74. The number of anilines is 1. The van der Waals surface area contributed by atoms with Crippen LogP contribution in [0.1, 0.15) is 27.9 Å². The molecule has 2 aliphatic rings. The Morgan fingerprint density at radius 3 is 2.39 bits per heavy atom. The van der Waals surface area contributed by atoms with Gasteiger partial charge in [-0.2, -0.15) is 8.42 Å². The summed E-state index contributed by atoms with van der Waals surface area (Å²) in [6.45, 7) is 1.06. The summed E-state index contributed by atoms with van der Waals surface area (Å²) in [5, 5.41) is 3.04. The van der Waals surface area contributed by atoms with Crippen LogP contribution in [0.2, 0.25) is 0 Å². The van der Waals surface area contributed by atoms with E-state index < -0.39 is 10.0 Å². The number of hydrogen-bond acceptors (Lipinski definition) is 4. The van der Waals surface area contributed by atoms with Crippen LogP contribution in [-0.2, 0) is 10.0 Å². The number of fused-ring (bicyclic) bond motifs is 1. The van der Waals surface area contributed by atoms with E-state index in [1.165, 1.54) is 18.2 Å². The van der Waals surface area contributed by atoms with E-state index in [-0.39, 0.29) is 22.5 Å². The fourth-order valence-electron chi connectivity index (χ4n) is 3.99. The minimum Gasteiger partial charge on any atom is -0.339 e. The van der Waals surface area contributed by atoms with Gasteiger partial charge in [-0.1, -0.05) is 30.3 Å². The highest BCUT2D eigenvalue weighted by Gasteiger charge is 2.28. The summed E-state index contributed by atoms with van der Waals surface area (Å²) in [4.78, 5) is 14.9. The molecular weight excluding hydrogens is 441 g/mol. The summed E-state index contributed by atoms with van der Waals surface area (Å²) in [5.41, 5.74) is 3.77. The summed E-state index contributed by atoms with van der Waals surface area (Å²) in [6.07, 6.45) is 2.70.